The van der Waals surface area contributed by atoms with Crippen LogP contribution in [0.2, 0.25) is 0 Å². The molecule has 1 atom stereocenters. The summed E-state index contributed by atoms with van der Waals surface area (Å²) in [6, 6.07) is 8.69. The highest BCUT2D eigenvalue weighted by molar-refractivity contribution is 5.86. The lowest BCUT2D eigenvalue weighted by molar-refractivity contribution is -0.137. The van der Waals surface area contributed by atoms with Crippen LogP contribution in [0.5, 0.6) is 0 Å². The second-order valence-electron chi connectivity index (χ2n) is 5.15. The second kappa shape index (κ2) is 6.43. The highest BCUT2D eigenvalue weighted by Crippen LogP contribution is 2.19. The molecular formula is C16H17N5O2. The molecular weight excluding hydrogens is 294 g/mol. The molecule has 7 heteroatoms. The standard InChI is InChI=1S/C16H17N5O2/c1-2-21-10-19-13-14(17-9-18-15(13)21)20-12(16(22)23)8-11-6-4-3-5-7-11/h3-7,9-10,12H,2,8H2,1H3,(H,22,23)(H,17,18,20)/t12-/m1/s1. The predicted molar refractivity (Wildman–Crippen MR) is 86.2 cm³/mol. The fourth-order valence-corrected chi connectivity index (χ4v) is 2.43. The molecule has 0 aliphatic carbocycles. The van der Waals surface area contributed by atoms with Crippen molar-refractivity contribution < 1.29 is 9.90 Å². The second-order valence-corrected chi connectivity index (χ2v) is 5.15. The van der Waals surface area contributed by atoms with Crippen molar-refractivity contribution in [2.45, 2.75) is 25.9 Å². The van der Waals surface area contributed by atoms with Gasteiger partial charge in [-0.2, -0.15) is 0 Å². The summed E-state index contributed by atoms with van der Waals surface area (Å²) in [6.45, 7) is 2.73. The number of imidazole rings is 1. The molecule has 0 saturated heterocycles. The molecule has 0 fully saturated rings. The maximum Gasteiger partial charge on any atom is 0.326 e. The SMILES string of the molecule is CCn1cnc2c(N[C@H](Cc3ccccc3)C(=O)O)ncnc21. The van der Waals surface area contributed by atoms with Gasteiger partial charge in [-0.15, -0.1) is 0 Å². The molecule has 3 rings (SSSR count). The van der Waals surface area contributed by atoms with Crippen LogP contribution < -0.4 is 5.32 Å². The summed E-state index contributed by atoms with van der Waals surface area (Å²) in [5.41, 5.74) is 2.21. The lowest BCUT2D eigenvalue weighted by atomic mass is 10.1. The van der Waals surface area contributed by atoms with Crippen molar-refractivity contribution in [1.29, 1.82) is 0 Å². The van der Waals surface area contributed by atoms with Crippen LogP contribution in [0.25, 0.3) is 11.2 Å². The molecule has 2 N–H and O–H groups in total. The number of hydrogen-bond acceptors (Lipinski definition) is 5. The average molecular weight is 311 g/mol. The fraction of sp³-hybridized carbons (Fsp3) is 0.250. The molecule has 7 nitrogen and oxygen atoms in total. The van der Waals surface area contributed by atoms with E-state index in [1.807, 2.05) is 41.8 Å². The summed E-state index contributed by atoms with van der Waals surface area (Å²) < 4.78 is 1.88. The van der Waals surface area contributed by atoms with Crippen molar-refractivity contribution in [2.75, 3.05) is 5.32 Å². The number of carbonyl (C=O) groups is 1. The van der Waals surface area contributed by atoms with Crippen LogP contribution in [0.3, 0.4) is 0 Å². The Hall–Kier alpha value is -2.96. The van der Waals surface area contributed by atoms with Crippen LogP contribution >= 0.6 is 0 Å². The molecule has 0 aliphatic rings. The summed E-state index contributed by atoms with van der Waals surface area (Å²) in [7, 11) is 0. The summed E-state index contributed by atoms with van der Waals surface area (Å²) in [4.78, 5) is 24.2. The van der Waals surface area contributed by atoms with E-state index in [0.717, 1.165) is 12.1 Å². The molecule has 118 valence electrons. The van der Waals surface area contributed by atoms with Crippen molar-refractivity contribution in [1.82, 2.24) is 19.5 Å². The highest BCUT2D eigenvalue weighted by atomic mass is 16.4. The Morgan fingerprint density at radius 1 is 1.26 bits per heavy atom. The Balaban J connectivity index is 1.89. The van der Waals surface area contributed by atoms with Gasteiger partial charge in [0.15, 0.2) is 11.5 Å². The molecule has 0 aliphatic heterocycles. The molecule has 0 spiro atoms. The van der Waals surface area contributed by atoms with Crippen molar-refractivity contribution in [2.24, 2.45) is 0 Å². The van der Waals surface area contributed by atoms with Gasteiger partial charge in [0.2, 0.25) is 0 Å². The van der Waals surface area contributed by atoms with Crippen LogP contribution in [0.4, 0.5) is 5.82 Å². The average Bonchev–Trinajstić information content (AvgIpc) is 2.99. The van der Waals surface area contributed by atoms with Crippen LogP contribution in [0.15, 0.2) is 43.0 Å². The minimum Gasteiger partial charge on any atom is -0.480 e. The lowest BCUT2D eigenvalue weighted by Crippen LogP contribution is -2.32. The quantitative estimate of drug-likeness (QED) is 0.723. The minimum absolute atomic E-state index is 0.357. The molecule has 1 aromatic carbocycles. The van der Waals surface area contributed by atoms with E-state index in [0.29, 0.717) is 23.4 Å². The molecule has 2 heterocycles. The summed E-state index contributed by atoms with van der Waals surface area (Å²) in [5.74, 6) is -0.499. The van der Waals surface area contributed by atoms with Crippen LogP contribution in [-0.4, -0.2) is 36.6 Å². The fourth-order valence-electron chi connectivity index (χ4n) is 2.43. The number of carboxylic acid groups (broad SMARTS) is 1. The Morgan fingerprint density at radius 2 is 2.04 bits per heavy atom. The molecule has 2 aromatic heterocycles. The van der Waals surface area contributed by atoms with Gasteiger partial charge >= 0.3 is 5.97 Å². The van der Waals surface area contributed by atoms with Crippen LogP contribution in [-0.2, 0) is 17.8 Å². The van der Waals surface area contributed by atoms with Crippen LogP contribution in [0.1, 0.15) is 12.5 Å². The number of nitrogens with zero attached hydrogens (tertiary/aromatic N) is 4. The zero-order valence-electron chi connectivity index (χ0n) is 12.7. The number of fused-ring (bicyclic) bond motifs is 1. The predicted octanol–water partition coefficient (Wildman–Crippen LogP) is 1.95. The van der Waals surface area contributed by atoms with Gasteiger partial charge in [-0.1, -0.05) is 30.3 Å². The first-order valence-electron chi connectivity index (χ1n) is 7.38. The number of rotatable bonds is 6. The summed E-state index contributed by atoms with van der Waals surface area (Å²) in [5, 5.41) is 12.5. The molecule has 0 amide bonds. The van der Waals surface area contributed by atoms with E-state index in [1.165, 1.54) is 6.33 Å². The molecule has 0 bridgehead atoms. The Morgan fingerprint density at radius 3 is 2.74 bits per heavy atom. The van der Waals surface area contributed by atoms with E-state index < -0.39 is 12.0 Å². The van der Waals surface area contributed by atoms with E-state index >= 15 is 0 Å². The number of anilines is 1. The third kappa shape index (κ3) is 3.13. The van der Waals surface area contributed by atoms with Crippen molar-refractivity contribution in [3.8, 4) is 0 Å². The monoisotopic (exact) mass is 311 g/mol. The number of carboxylic acids is 1. The summed E-state index contributed by atoms with van der Waals surface area (Å²) >= 11 is 0. The summed E-state index contributed by atoms with van der Waals surface area (Å²) in [6.07, 6.45) is 3.45. The number of benzene rings is 1. The van der Waals surface area contributed by atoms with Crippen molar-refractivity contribution in [3.63, 3.8) is 0 Å². The number of aryl methyl sites for hydroxylation is 1. The largest absolute Gasteiger partial charge is 0.480 e. The highest BCUT2D eigenvalue weighted by Gasteiger charge is 2.20. The zero-order chi connectivity index (χ0) is 16.2. The number of aliphatic carboxylic acids is 1. The zero-order valence-corrected chi connectivity index (χ0v) is 12.7. The first kappa shape index (κ1) is 15.0. The van der Waals surface area contributed by atoms with E-state index in [9.17, 15) is 9.90 Å². The molecule has 23 heavy (non-hydrogen) atoms. The van der Waals surface area contributed by atoms with E-state index in [4.69, 9.17) is 0 Å². The van der Waals surface area contributed by atoms with E-state index in [2.05, 4.69) is 20.3 Å². The van der Waals surface area contributed by atoms with Gasteiger partial charge in [-0.25, -0.2) is 19.7 Å². The van der Waals surface area contributed by atoms with E-state index in [1.54, 1.807) is 6.33 Å². The Labute approximate surface area is 133 Å². The number of nitrogens with one attached hydrogen (secondary N) is 1. The third-order valence-electron chi connectivity index (χ3n) is 3.63. The van der Waals surface area contributed by atoms with Crippen LogP contribution in [0, 0.1) is 0 Å². The Bertz CT molecular complexity index is 816. The van der Waals surface area contributed by atoms with E-state index in [-0.39, 0.29) is 0 Å². The van der Waals surface area contributed by atoms with Gasteiger partial charge in [-0.05, 0) is 12.5 Å². The first-order valence-corrected chi connectivity index (χ1v) is 7.38. The van der Waals surface area contributed by atoms with Crippen molar-refractivity contribution in [3.05, 3.63) is 48.5 Å². The Kier molecular flexibility index (Phi) is 4.18. The van der Waals surface area contributed by atoms with Gasteiger partial charge in [0.25, 0.3) is 0 Å². The minimum atomic E-state index is -0.935. The maximum absolute atomic E-state index is 11.6. The first-order chi connectivity index (χ1) is 11.2. The normalized spacial score (nSPS) is 12.2. The maximum atomic E-state index is 11.6. The molecule has 3 aromatic rings. The lowest BCUT2D eigenvalue weighted by Gasteiger charge is -2.15. The molecule has 0 radical (unpaired) electrons. The number of hydrogen-bond donors (Lipinski definition) is 2. The van der Waals surface area contributed by atoms with Gasteiger partial charge in [0.1, 0.15) is 17.9 Å². The molecule has 0 unspecified atom stereocenters. The smallest absolute Gasteiger partial charge is 0.326 e. The van der Waals surface area contributed by atoms with Gasteiger partial charge in [-0.3, -0.25) is 0 Å². The van der Waals surface area contributed by atoms with Gasteiger partial charge in [0.05, 0.1) is 6.33 Å². The molecule has 0 saturated carbocycles. The van der Waals surface area contributed by atoms with Gasteiger partial charge in [0, 0.05) is 13.0 Å². The third-order valence-corrected chi connectivity index (χ3v) is 3.63. The van der Waals surface area contributed by atoms with Gasteiger partial charge < -0.3 is 15.0 Å². The van der Waals surface area contributed by atoms with Crippen molar-refractivity contribution >= 4 is 23.0 Å². The topological polar surface area (TPSA) is 92.9 Å². The number of aromatic nitrogens is 4.